The topological polar surface area (TPSA) is 35.2 Å². The summed E-state index contributed by atoms with van der Waals surface area (Å²) in [4.78, 5) is 0. The molecule has 1 heterocycles. The molecule has 0 aromatic heterocycles. The summed E-state index contributed by atoms with van der Waals surface area (Å²) < 4.78 is 56.3. The first-order valence-electron chi connectivity index (χ1n) is 6.09. The van der Waals surface area contributed by atoms with Gasteiger partial charge in [0.25, 0.3) is 0 Å². The highest BCUT2D eigenvalue weighted by Crippen LogP contribution is 2.34. The molecular weight excluding hydrogens is 298 g/mol. The first-order chi connectivity index (χ1) is 8.89. The van der Waals surface area contributed by atoms with Gasteiger partial charge in [0.05, 0.1) is 5.56 Å². The fraction of sp³-hybridized carbons (Fsp3) is 0.538. The van der Waals surface area contributed by atoms with Gasteiger partial charge in [0, 0.05) is 24.8 Å². The van der Waals surface area contributed by atoms with Crippen molar-refractivity contribution in [1.29, 1.82) is 0 Å². The molecule has 7 heteroatoms. The highest BCUT2D eigenvalue weighted by atomic mass is 35.5. The third kappa shape index (κ3) is 3.84. The first-order valence-corrected chi connectivity index (χ1v) is 6.09. The second-order valence-electron chi connectivity index (χ2n) is 4.71. The maximum absolute atomic E-state index is 13.8. The van der Waals surface area contributed by atoms with Crippen LogP contribution in [0.2, 0.25) is 0 Å². The Labute approximate surface area is 120 Å². The largest absolute Gasteiger partial charge is 0.416 e. The lowest BCUT2D eigenvalue weighted by atomic mass is 9.87. The van der Waals surface area contributed by atoms with Crippen LogP contribution in [-0.4, -0.2) is 13.2 Å². The Kier molecular flexibility index (Phi) is 5.79. The van der Waals surface area contributed by atoms with E-state index < -0.39 is 23.6 Å². The Hall–Kier alpha value is -0.850. The van der Waals surface area contributed by atoms with Gasteiger partial charge in [-0.2, -0.15) is 13.2 Å². The maximum atomic E-state index is 13.8. The average Bonchev–Trinajstić information content (AvgIpc) is 2.38. The van der Waals surface area contributed by atoms with E-state index in [-0.39, 0.29) is 23.9 Å². The predicted molar refractivity (Wildman–Crippen MR) is 69.1 cm³/mol. The summed E-state index contributed by atoms with van der Waals surface area (Å²) >= 11 is 0. The van der Waals surface area contributed by atoms with E-state index in [1.807, 2.05) is 0 Å². The average molecular weight is 314 g/mol. The Balaban J connectivity index is 0.00000200. The molecule has 1 fully saturated rings. The van der Waals surface area contributed by atoms with Crippen LogP contribution in [0.25, 0.3) is 0 Å². The molecule has 0 aliphatic carbocycles. The molecule has 0 unspecified atom stereocenters. The first kappa shape index (κ1) is 17.2. The minimum Gasteiger partial charge on any atom is -0.381 e. The van der Waals surface area contributed by atoms with Gasteiger partial charge in [-0.3, -0.25) is 0 Å². The molecule has 114 valence electrons. The van der Waals surface area contributed by atoms with Gasteiger partial charge >= 0.3 is 6.18 Å². The number of alkyl halides is 3. The van der Waals surface area contributed by atoms with Crippen LogP contribution >= 0.6 is 12.4 Å². The van der Waals surface area contributed by atoms with E-state index >= 15 is 0 Å². The molecule has 1 saturated heterocycles. The van der Waals surface area contributed by atoms with E-state index in [1.54, 1.807) is 0 Å². The van der Waals surface area contributed by atoms with E-state index in [0.717, 1.165) is 12.1 Å². The summed E-state index contributed by atoms with van der Waals surface area (Å²) in [5.41, 5.74) is 5.10. The second-order valence-corrected chi connectivity index (χ2v) is 4.71. The third-order valence-corrected chi connectivity index (χ3v) is 3.46. The van der Waals surface area contributed by atoms with Gasteiger partial charge in [-0.05, 0) is 30.9 Å². The van der Waals surface area contributed by atoms with Crippen molar-refractivity contribution in [3.8, 4) is 0 Å². The predicted octanol–water partition coefficient (Wildman–Crippen LogP) is 3.69. The van der Waals surface area contributed by atoms with Crippen LogP contribution in [0.5, 0.6) is 0 Å². The molecule has 2 rings (SSSR count). The lowest BCUT2D eigenvalue weighted by molar-refractivity contribution is -0.137. The van der Waals surface area contributed by atoms with Crippen molar-refractivity contribution in [2.45, 2.75) is 25.1 Å². The Bertz CT molecular complexity index is 446. The van der Waals surface area contributed by atoms with E-state index in [1.165, 1.54) is 0 Å². The van der Waals surface area contributed by atoms with E-state index in [2.05, 4.69) is 0 Å². The minimum absolute atomic E-state index is 0. The molecule has 0 saturated carbocycles. The van der Waals surface area contributed by atoms with Gasteiger partial charge in [-0.25, -0.2) is 4.39 Å². The molecule has 2 N–H and O–H groups in total. The van der Waals surface area contributed by atoms with E-state index in [0.29, 0.717) is 32.1 Å². The number of ether oxygens (including phenoxy) is 1. The standard InChI is InChI=1S/C13H15F4NO.ClH/c14-11-7-9(13(15,16)17)1-2-10(11)12(18)8-3-5-19-6-4-8;/h1-2,7-8,12H,3-6,18H2;1H/t12-;/m0./s1. The number of hydrogen-bond acceptors (Lipinski definition) is 2. The molecule has 2 nitrogen and oxygen atoms in total. The lowest BCUT2D eigenvalue weighted by Gasteiger charge is -2.28. The summed E-state index contributed by atoms with van der Waals surface area (Å²) in [6.07, 6.45) is -3.15. The highest BCUT2D eigenvalue weighted by Gasteiger charge is 2.32. The van der Waals surface area contributed by atoms with Crippen LogP contribution in [0.1, 0.15) is 30.0 Å². The quantitative estimate of drug-likeness (QED) is 0.845. The van der Waals surface area contributed by atoms with Crippen molar-refractivity contribution in [1.82, 2.24) is 0 Å². The molecule has 1 aliphatic rings. The second kappa shape index (κ2) is 6.74. The maximum Gasteiger partial charge on any atom is 0.416 e. The summed E-state index contributed by atoms with van der Waals surface area (Å²) in [6.45, 7) is 1.11. The molecule has 0 spiro atoms. The van der Waals surface area contributed by atoms with Crippen molar-refractivity contribution >= 4 is 12.4 Å². The smallest absolute Gasteiger partial charge is 0.381 e. The Morgan fingerprint density at radius 1 is 1.20 bits per heavy atom. The minimum atomic E-state index is -4.54. The van der Waals surface area contributed by atoms with Gasteiger partial charge in [-0.1, -0.05) is 6.07 Å². The van der Waals surface area contributed by atoms with Crippen molar-refractivity contribution < 1.29 is 22.3 Å². The third-order valence-electron chi connectivity index (χ3n) is 3.46. The van der Waals surface area contributed by atoms with Gasteiger partial charge in [0.1, 0.15) is 5.82 Å². The zero-order valence-electron chi connectivity index (χ0n) is 10.6. The molecule has 0 bridgehead atoms. The molecule has 1 aromatic carbocycles. The normalized spacial score (nSPS) is 18.4. The van der Waals surface area contributed by atoms with Crippen LogP contribution in [0.3, 0.4) is 0 Å². The van der Waals surface area contributed by atoms with Gasteiger partial charge in [0.15, 0.2) is 0 Å². The highest BCUT2D eigenvalue weighted by molar-refractivity contribution is 5.85. The van der Waals surface area contributed by atoms with Crippen LogP contribution < -0.4 is 5.73 Å². The molecule has 1 atom stereocenters. The van der Waals surface area contributed by atoms with Crippen molar-refractivity contribution in [2.75, 3.05) is 13.2 Å². The number of nitrogens with two attached hydrogens (primary N) is 1. The Morgan fingerprint density at radius 2 is 1.80 bits per heavy atom. The van der Waals surface area contributed by atoms with Crippen LogP contribution in [0, 0.1) is 11.7 Å². The van der Waals surface area contributed by atoms with E-state index in [9.17, 15) is 17.6 Å². The molecule has 20 heavy (non-hydrogen) atoms. The SMILES string of the molecule is Cl.N[C@H](c1ccc(C(F)(F)F)cc1F)C1CCOCC1. The summed E-state index contributed by atoms with van der Waals surface area (Å²) in [5.74, 6) is -0.853. The molecule has 0 radical (unpaired) electrons. The van der Waals surface area contributed by atoms with Crippen molar-refractivity contribution in [2.24, 2.45) is 11.7 Å². The summed E-state index contributed by atoms with van der Waals surface area (Å²) in [5, 5.41) is 0. The fourth-order valence-corrected chi connectivity index (χ4v) is 2.30. The van der Waals surface area contributed by atoms with Crippen LogP contribution in [0.15, 0.2) is 18.2 Å². The number of halogens is 5. The molecule has 1 aromatic rings. The monoisotopic (exact) mass is 313 g/mol. The molecule has 1 aliphatic heterocycles. The molecule has 0 amide bonds. The van der Waals surface area contributed by atoms with Gasteiger partial charge in [0.2, 0.25) is 0 Å². The fourth-order valence-electron chi connectivity index (χ4n) is 2.30. The summed E-state index contributed by atoms with van der Waals surface area (Å²) in [6, 6.07) is 1.93. The summed E-state index contributed by atoms with van der Waals surface area (Å²) in [7, 11) is 0. The van der Waals surface area contributed by atoms with Crippen LogP contribution in [-0.2, 0) is 10.9 Å². The van der Waals surface area contributed by atoms with Gasteiger partial charge in [-0.15, -0.1) is 12.4 Å². The zero-order valence-corrected chi connectivity index (χ0v) is 11.4. The van der Waals surface area contributed by atoms with E-state index in [4.69, 9.17) is 10.5 Å². The van der Waals surface area contributed by atoms with Crippen LogP contribution in [0.4, 0.5) is 17.6 Å². The number of benzene rings is 1. The Morgan fingerprint density at radius 3 is 2.30 bits per heavy atom. The molecular formula is C13H16ClF4NO. The zero-order chi connectivity index (χ0) is 14.0. The number of hydrogen-bond donors (Lipinski definition) is 1. The van der Waals surface area contributed by atoms with Crippen molar-refractivity contribution in [3.63, 3.8) is 0 Å². The number of rotatable bonds is 2. The lowest BCUT2D eigenvalue weighted by Crippen LogP contribution is -2.28. The van der Waals surface area contributed by atoms with Crippen molar-refractivity contribution in [3.05, 3.63) is 35.1 Å². The van der Waals surface area contributed by atoms with Gasteiger partial charge < -0.3 is 10.5 Å².